The van der Waals surface area contributed by atoms with E-state index in [9.17, 15) is 9.59 Å². The Bertz CT molecular complexity index is 657. The molecular formula is C17H19N3O3. The van der Waals surface area contributed by atoms with Crippen molar-refractivity contribution in [2.24, 2.45) is 0 Å². The van der Waals surface area contributed by atoms with Gasteiger partial charge in [0.05, 0.1) is 0 Å². The lowest BCUT2D eigenvalue weighted by molar-refractivity contribution is -0.137. The molecule has 0 bridgehead atoms. The van der Waals surface area contributed by atoms with Crippen LogP contribution < -0.4 is 16.0 Å². The smallest absolute Gasteiger partial charge is 0.320 e. The van der Waals surface area contributed by atoms with Crippen molar-refractivity contribution < 1.29 is 14.7 Å². The fourth-order valence-corrected chi connectivity index (χ4v) is 2.04. The van der Waals surface area contributed by atoms with Crippen LogP contribution in [0.5, 0.6) is 0 Å². The van der Waals surface area contributed by atoms with Gasteiger partial charge in [-0.25, -0.2) is 0 Å². The molecule has 0 aromatic heterocycles. The molecule has 4 N–H and O–H groups in total. The molecule has 0 aliphatic carbocycles. The molecule has 2 aromatic rings. The van der Waals surface area contributed by atoms with E-state index in [0.29, 0.717) is 23.5 Å². The normalized spacial score (nSPS) is 10.1. The summed E-state index contributed by atoms with van der Waals surface area (Å²) < 4.78 is 0. The van der Waals surface area contributed by atoms with E-state index in [2.05, 4.69) is 5.32 Å². The number of hydrogen-bond acceptors (Lipinski definition) is 4. The van der Waals surface area contributed by atoms with Crippen molar-refractivity contribution in [2.45, 2.75) is 6.42 Å². The van der Waals surface area contributed by atoms with E-state index in [1.54, 1.807) is 48.5 Å². The number of nitrogens with one attached hydrogen (secondary N) is 1. The molecule has 6 nitrogen and oxygen atoms in total. The maximum Gasteiger partial charge on any atom is 0.320 e. The van der Waals surface area contributed by atoms with Crippen LogP contribution in [-0.4, -0.2) is 30.1 Å². The Morgan fingerprint density at radius 1 is 1.00 bits per heavy atom. The average Bonchev–Trinajstić information content (AvgIpc) is 2.58. The van der Waals surface area contributed by atoms with Gasteiger partial charge in [0.2, 0.25) is 0 Å². The van der Waals surface area contributed by atoms with E-state index in [1.165, 1.54) is 4.90 Å². The molecule has 0 saturated heterocycles. The van der Waals surface area contributed by atoms with Gasteiger partial charge in [-0.1, -0.05) is 18.2 Å². The van der Waals surface area contributed by atoms with Gasteiger partial charge in [0.15, 0.2) is 0 Å². The average molecular weight is 313 g/mol. The molecule has 0 fully saturated rings. The first-order chi connectivity index (χ1) is 11.1. The fourth-order valence-electron chi connectivity index (χ4n) is 2.04. The molecule has 2 rings (SSSR count). The summed E-state index contributed by atoms with van der Waals surface area (Å²) in [6.07, 6.45) is 0.395. The maximum atomic E-state index is 12.5. The van der Waals surface area contributed by atoms with Gasteiger partial charge in [-0.3, -0.25) is 14.5 Å². The summed E-state index contributed by atoms with van der Waals surface area (Å²) >= 11 is 0. The molecule has 0 aliphatic rings. The second-order valence-electron chi connectivity index (χ2n) is 4.90. The van der Waals surface area contributed by atoms with E-state index in [4.69, 9.17) is 10.8 Å². The lowest BCUT2D eigenvalue weighted by Gasteiger charge is -2.22. The van der Waals surface area contributed by atoms with E-state index >= 15 is 0 Å². The highest BCUT2D eigenvalue weighted by Gasteiger charge is 2.24. The van der Waals surface area contributed by atoms with Gasteiger partial charge in [-0.2, -0.15) is 0 Å². The summed E-state index contributed by atoms with van der Waals surface area (Å²) in [5.74, 6) is -1.42. The molecular weight excluding hydrogens is 294 g/mol. The minimum atomic E-state index is -0.723. The maximum absolute atomic E-state index is 12.5. The van der Waals surface area contributed by atoms with Gasteiger partial charge >= 0.3 is 11.8 Å². The summed E-state index contributed by atoms with van der Waals surface area (Å²) in [7, 11) is 0. The Morgan fingerprint density at radius 3 is 2.22 bits per heavy atom. The van der Waals surface area contributed by atoms with E-state index in [1.807, 2.05) is 6.07 Å². The van der Waals surface area contributed by atoms with Crippen molar-refractivity contribution in [3.05, 3.63) is 54.6 Å². The highest BCUT2D eigenvalue weighted by molar-refractivity contribution is 6.42. The third-order valence-electron chi connectivity index (χ3n) is 3.18. The van der Waals surface area contributed by atoms with Crippen LogP contribution in [0.4, 0.5) is 17.1 Å². The number of hydrogen-bond donors (Lipinski definition) is 3. The first-order valence-corrected chi connectivity index (χ1v) is 7.27. The van der Waals surface area contributed by atoms with E-state index in [-0.39, 0.29) is 13.2 Å². The Morgan fingerprint density at radius 2 is 1.61 bits per heavy atom. The van der Waals surface area contributed by atoms with E-state index < -0.39 is 11.8 Å². The number of nitrogens with two attached hydrogens (primary N) is 1. The van der Waals surface area contributed by atoms with Crippen LogP contribution in [-0.2, 0) is 9.59 Å². The second-order valence-corrected chi connectivity index (χ2v) is 4.90. The molecule has 0 aliphatic heterocycles. The van der Waals surface area contributed by atoms with Gasteiger partial charge in [-0.05, 0) is 42.8 Å². The van der Waals surface area contributed by atoms with Gasteiger partial charge in [0, 0.05) is 30.2 Å². The van der Waals surface area contributed by atoms with Crippen LogP contribution in [0.15, 0.2) is 54.6 Å². The molecule has 23 heavy (non-hydrogen) atoms. The van der Waals surface area contributed by atoms with Crippen molar-refractivity contribution in [3.63, 3.8) is 0 Å². The first kappa shape index (κ1) is 16.5. The van der Waals surface area contributed by atoms with E-state index in [0.717, 1.165) is 0 Å². The molecule has 0 spiro atoms. The highest BCUT2D eigenvalue weighted by Crippen LogP contribution is 2.26. The zero-order valence-corrected chi connectivity index (χ0v) is 12.6. The number of anilines is 3. The predicted molar refractivity (Wildman–Crippen MR) is 89.2 cm³/mol. The van der Waals surface area contributed by atoms with Crippen molar-refractivity contribution >= 4 is 28.9 Å². The lowest BCUT2D eigenvalue weighted by Crippen LogP contribution is -2.41. The first-order valence-electron chi connectivity index (χ1n) is 7.27. The summed E-state index contributed by atoms with van der Waals surface area (Å²) in [6, 6.07) is 15.6. The van der Waals surface area contributed by atoms with Crippen LogP contribution in [0.3, 0.4) is 0 Å². The molecule has 0 saturated carbocycles. The van der Waals surface area contributed by atoms with Crippen LogP contribution in [0.2, 0.25) is 0 Å². The minimum Gasteiger partial charge on any atom is -0.399 e. The van der Waals surface area contributed by atoms with Crippen LogP contribution in [0, 0.1) is 0 Å². The number of nitrogen functional groups attached to an aromatic ring is 1. The summed E-state index contributed by atoms with van der Waals surface area (Å²) in [4.78, 5) is 25.9. The molecule has 0 radical (unpaired) electrons. The SMILES string of the molecule is Nc1ccc(N(C(=O)C(=O)NCCCO)c2ccccc2)cc1. The number of aliphatic hydroxyl groups excluding tert-OH is 1. The standard InChI is InChI=1S/C17H19N3O3/c18-13-7-9-15(10-8-13)20(14-5-2-1-3-6-14)17(23)16(22)19-11-4-12-21/h1-3,5-10,21H,4,11-12,18H2,(H,19,22). The van der Waals surface area contributed by atoms with Gasteiger partial charge in [0.1, 0.15) is 0 Å². The fraction of sp³-hybridized carbons (Fsp3) is 0.176. The van der Waals surface area contributed by atoms with Crippen LogP contribution in [0.25, 0.3) is 0 Å². The molecule has 0 heterocycles. The number of nitrogens with zero attached hydrogens (tertiary/aromatic N) is 1. The molecule has 120 valence electrons. The quantitative estimate of drug-likeness (QED) is 0.442. The Balaban J connectivity index is 2.28. The molecule has 0 unspecified atom stereocenters. The molecule has 2 amide bonds. The Labute approximate surface area is 134 Å². The van der Waals surface area contributed by atoms with Crippen molar-refractivity contribution in [3.8, 4) is 0 Å². The highest BCUT2D eigenvalue weighted by atomic mass is 16.3. The number of carbonyl (C=O) groups is 2. The second kappa shape index (κ2) is 7.95. The van der Waals surface area contributed by atoms with Crippen LogP contribution in [0.1, 0.15) is 6.42 Å². The van der Waals surface area contributed by atoms with Crippen molar-refractivity contribution in [1.29, 1.82) is 0 Å². The number of carbonyl (C=O) groups excluding carboxylic acids is 2. The summed E-state index contributed by atoms with van der Waals surface area (Å²) in [5.41, 5.74) is 7.38. The number of rotatable bonds is 5. The number of amides is 2. The van der Waals surface area contributed by atoms with Crippen molar-refractivity contribution in [1.82, 2.24) is 5.32 Å². The minimum absolute atomic E-state index is 0.0468. The molecule has 0 atom stereocenters. The zero-order valence-electron chi connectivity index (χ0n) is 12.6. The Kier molecular flexibility index (Phi) is 5.71. The zero-order chi connectivity index (χ0) is 16.7. The number of benzene rings is 2. The number of para-hydroxylation sites is 1. The van der Waals surface area contributed by atoms with Crippen molar-refractivity contribution in [2.75, 3.05) is 23.8 Å². The third-order valence-corrected chi connectivity index (χ3v) is 3.18. The van der Waals surface area contributed by atoms with Gasteiger partial charge in [-0.15, -0.1) is 0 Å². The predicted octanol–water partition coefficient (Wildman–Crippen LogP) is 1.43. The topological polar surface area (TPSA) is 95.7 Å². The summed E-state index contributed by atoms with van der Waals surface area (Å²) in [5, 5.41) is 11.3. The summed E-state index contributed by atoms with van der Waals surface area (Å²) in [6.45, 7) is 0.195. The third kappa shape index (κ3) is 4.31. The molecule has 2 aromatic carbocycles. The largest absolute Gasteiger partial charge is 0.399 e. The molecule has 6 heteroatoms. The van der Waals surface area contributed by atoms with Crippen LogP contribution >= 0.6 is 0 Å². The lowest BCUT2D eigenvalue weighted by atomic mass is 10.2. The number of aliphatic hydroxyl groups is 1. The van der Waals surface area contributed by atoms with Gasteiger partial charge in [0.25, 0.3) is 0 Å². The van der Waals surface area contributed by atoms with Gasteiger partial charge < -0.3 is 16.2 Å². The monoisotopic (exact) mass is 313 g/mol. The Hall–Kier alpha value is -2.86.